The molecule has 1 aromatic rings. The Balaban J connectivity index is 2.20. The highest BCUT2D eigenvalue weighted by atomic mass is 16.5. The van der Waals surface area contributed by atoms with E-state index in [1.165, 1.54) is 7.11 Å². The molecular formula is C12H13NO3. The van der Waals surface area contributed by atoms with E-state index >= 15 is 0 Å². The molecule has 0 radical (unpaired) electrons. The molecule has 1 atom stereocenters. The van der Waals surface area contributed by atoms with Gasteiger partial charge in [-0.3, -0.25) is 5.32 Å². The molecule has 0 saturated carbocycles. The van der Waals surface area contributed by atoms with Crippen LogP contribution in [-0.2, 0) is 9.47 Å². The van der Waals surface area contributed by atoms with Crippen LogP contribution in [0.3, 0.4) is 0 Å². The molecule has 0 bridgehead atoms. The first-order chi connectivity index (χ1) is 7.81. The zero-order valence-corrected chi connectivity index (χ0v) is 8.97. The number of rotatable bonds is 2. The maximum atomic E-state index is 11.2. The van der Waals surface area contributed by atoms with Crippen molar-refractivity contribution in [3.8, 4) is 0 Å². The Morgan fingerprint density at radius 2 is 2.31 bits per heavy atom. The van der Waals surface area contributed by atoms with E-state index in [2.05, 4.69) is 10.1 Å². The summed E-state index contributed by atoms with van der Waals surface area (Å²) in [6.45, 7) is 0. The summed E-state index contributed by atoms with van der Waals surface area (Å²) in [5, 5.41) is 2.67. The fourth-order valence-electron chi connectivity index (χ4n) is 1.64. The first-order valence-electron chi connectivity index (χ1n) is 5.05. The molecule has 16 heavy (non-hydrogen) atoms. The van der Waals surface area contributed by atoms with Gasteiger partial charge in [-0.1, -0.05) is 18.2 Å². The summed E-state index contributed by atoms with van der Waals surface area (Å²) >= 11 is 0. The van der Waals surface area contributed by atoms with E-state index in [9.17, 15) is 4.79 Å². The van der Waals surface area contributed by atoms with E-state index in [-0.39, 0.29) is 6.10 Å². The lowest BCUT2D eigenvalue weighted by atomic mass is 10.1. The SMILES string of the molecule is COC(=O)Nc1ccccc1C1CC=CO1. The van der Waals surface area contributed by atoms with Crippen LogP contribution in [0.5, 0.6) is 0 Å². The largest absolute Gasteiger partial charge is 0.493 e. The van der Waals surface area contributed by atoms with Gasteiger partial charge >= 0.3 is 6.09 Å². The fraction of sp³-hybridized carbons (Fsp3) is 0.250. The Morgan fingerprint density at radius 1 is 1.50 bits per heavy atom. The van der Waals surface area contributed by atoms with Gasteiger partial charge < -0.3 is 9.47 Å². The second-order valence-electron chi connectivity index (χ2n) is 3.44. The molecule has 0 aromatic heterocycles. The summed E-state index contributed by atoms with van der Waals surface area (Å²) < 4.78 is 9.99. The second-order valence-corrected chi connectivity index (χ2v) is 3.44. The molecule has 1 aliphatic rings. The number of benzene rings is 1. The van der Waals surface area contributed by atoms with Gasteiger partial charge in [0.1, 0.15) is 6.10 Å². The number of methoxy groups -OCH3 is 1. The lowest BCUT2D eigenvalue weighted by Crippen LogP contribution is -2.13. The van der Waals surface area contributed by atoms with Crippen LogP contribution in [0.4, 0.5) is 10.5 Å². The van der Waals surface area contributed by atoms with Crippen molar-refractivity contribution in [2.75, 3.05) is 12.4 Å². The molecule has 1 N–H and O–H groups in total. The smallest absolute Gasteiger partial charge is 0.411 e. The minimum absolute atomic E-state index is 0.0200. The molecule has 84 valence electrons. The van der Waals surface area contributed by atoms with Gasteiger partial charge in [-0.15, -0.1) is 0 Å². The van der Waals surface area contributed by atoms with E-state index in [1.54, 1.807) is 6.26 Å². The maximum absolute atomic E-state index is 11.2. The third-order valence-electron chi connectivity index (χ3n) is 2.42. The zero-order valence-electron chi connectivity index (χ0n) is 8.97. The lowest BCUT2D eigenvalue weighted by molar-refractivity contribution is 0.173. The summed E-state index contributed by atoms with van der Waals surface area (Å²) in [5.41, 5.74) is 1.68. The third-order valence-corrected chi connectivity index (χ3v) is 2.42. The molecule has 0 spiro atoms. The van der Waals surface area contributed by atoms with Crippen molar-refractivity contribution in [1.82, 2.24) is 0 Å². The maximum Gasteiger partial charge on any atom is 0.411 e. The van der Waals surface area contributed by atoms with E-state index in [4.69, 9.17) is 4.74 Å². The van der Waals surface area contributed by atoms with E-state index < -0.39 is 6.09 Å². The number of hydrogen-bond donors (Lipinski definition) is 1. The van der Waals surface area contributed by atoms with Gasteiger partial charge in [0.2, 0.25) is 0 Å². The zero-order chi connectivity index (χ0) is 11.4. The highest BCUT2D eigenvalue weighted by Gasteiger charge is 2.18. The lowest BCUT2D eigenvalue weighted by Gasteiger charge is -2.15. The number of para-hydroxylation sites is 1. The molecule has 1 amide bonds. The molecule has 0 fully saturated rings. The third kappa shape index (κ3) is 2.16. The molecule has 1 unspecified atom stereocenters. The standard InChI is InChI=1S/C12H13NO3/c1-15-12(14)13-10-6-3-2-5-9(10)11-7-4-8-16-11/h2-6,8,11H,7H2,1H3,(H,13,14). The van der Waals surface area contributed by atoms with E-state index in [0.29, 0.717) is 0 Å². The van der Waals surface area contributed by atoms with Crippen LogP contribution in [0.25, 0.3) is 0 Å². The summed E-state index contributed by atoms with van der Waals surface area (Å²) in [6, 6.07) is 7.54. The minimum Gasteiger partial charge on any atom is -0.493 e. The van der Waals surface area contributed by atoms with Gasteiger partial charge in [0.15, 0.2) is 0 Å². The molecule has 1 heterocycles. The molecule has 4 nitrogen and oxygen atoms in total. The Kier molecular flexibility index (Phi) is 3.10. The molecular weight excluding hydrogens is 206 g/mol. The van der Waals surface area contributed by atoms with Crippen LogP contribution in [0, 0.1) is 0 Å². The summed E-state index contributed by atoms with van der Waals surface area (Å²) in [7, 11) is 1.34. The highest BCUT2D eigenvalue weighted by molar-refractivity contribution is 5.85. The molecule has 1 aromatic carbocycles. The van der Waals surface area contributed by atoms with Gasteiger partial charge in [0, 0.05) is 12.0 Å². The average Bonchev–Trinajstić information content (AvgIpc) is 2.83. The number of carbonyl (C=O) groups is 1. The Hall–Kier alpha value is -1.97. The van der Waals surface area contributed by atoms with Gasteiger partial charge in [-0.05, 0) is 12.1 Å². The van der Waals surface area contributed by atoms with Crippen molar-refractivity contribution in [3.63, 3.8) is 0 Å². The second kappa shape index (κ2) is 4.70. The van der Waals surface area contributed by atoms with Crippen molar-refractivity contribution < 1.29 is 14.3 Å². The van der Waals surface area contributed by atoms with Crippen molar-refractivity contribution in [3.05, 3.63) is 42.2 Å². The van der Waals surface area contributed by atoms with Gasteiger partial charge in [-0.2, -0.15) is 0 Å². The van der Waals surface area contributed by atoms with Crippen molar-refractivity contribution in [2.24, 2.45) is 0 Å². The van der Waals surface area contributed by atoms with Crippen molar-refractivity contribution >= 4 is 11.8 Å². The predicted octanol–water partition coefficient (Wildman–Crippen LogP) is 2.84. The number of amides is 1. The highest BCUT2D eigenvalue weighted by Crippen LogP contribution is 2.31. The minimum atomic E-state index is -0.474. The summed E-state index contributed by atoms with van der Waals surface area (Å²) in [6.07, 6.45) is 3.96. The van der Waals surface area contributed by atoms with Crippen LogP contribution in [0.1, 0.15) is 18.1 Å². The van der Waals surface area contributed by atoms with Crippen molar-refractivity contribution in [1.29, 1.82) is 0 Å². The molecule has 0 aliphatic carbocycles. The van der Waals surface area contributed by atoms with Gasteiger partial charge in [-0.25, -0.2) is 4.79 Å². The number of carbonyl (C=O) groups excluding carboxylic acids is 1. The Morgan fingerprint density at radius 3 is 3.00 bits per heavy atom. The molecule has 0 saturated heterocycles. The van der Waals surface area contributed by atoms with Gasteiger partial charge in [0.25, 0.3) is 0 Å². The van der Waals surface area contributed by atoms with Crippen LogP contribution in [-0.4, -0.2) is 13.2 Å². The van der Waals surface area contributed by atoms with Crippen LogP contribution < -0.4 is 5.32 Å². The Labute approximate surface area is 93.9 Å². The number of hydrogen-bond acceptors (Lipinski definition) is 3. The fourth-order valence-corrected chi connectivity index (χ4v) is 1.64. The quantitative estimate of drug-likeness (QED) is 0.832. The molecule has 2 rings (SSSR count). The first kappa shape index (κ1) is 10.5. The first-order valence-corrected chi connectivity index (χ1v) is 5.05. The summed E-state index contributed by atoms with van der Waals surface area (Å²) in [4.78, 5) is 11.2. The molecule has 4 heteroatoms. The normalized spacial score (nSPS) is 17.9. The van der Waals surface area contributed by atoms with Gasteiger partial charge in [0.05, 0.1) is 19.1 Å². The van der Waals surface area contributed by atoms with E-state index in [0.717, 1.165) is 17.7 Å². The predicted molar refractivity (Wildman–Crippen MR) is 60.1 cm³/mol. The summed E-state index contributed by atoms with van der Waals surface area (Å²) in [5.74, 6) is 0. The number of nitrogens with one attached hydrogen (secondary N) is 1. The van der Waals surface area contributed by atoms with Crippen LogP contribution >= 0.6 is 0 Å². The van der Waals surface area contributed by atoms with Crippen LogP contribution in [0.15, 0.2) is 36.6 Å². The van der Waals surface area contributed by atoms with Crippen LogP contribution in [0.2, 0.25) is 0 Å². The monoisotopic (exact) mass is 219 g/mol. The number of anilines is 1. The molecule has 1 aliphatic heterocycles. The topological polar surface area (TPSA) is 47.6 Å². The van der Waals surface area contributed by atoms with Crippen molar-refractivity contribution in [2.45, 2.75) is 12.5 Å². The average molecular weight is 219 g/mol. The number of ether oxygens (including phenoxy) is 2. The Bertz CT molecular complexity index is 406. The van der Waals surface area contributed by atoms with E-state index in [1.807, 2.05) is 30.3 Å².